The fraction of sp³-hybridized carbons (Fsp3) is 0.529. The van der Waals surface area contributed by atoms with E-state index < -0.39 is 0 Å². The van der Waals surface area contributed by atoms with E-state index in [1.165, 1.54) is 23.3 Å². The zero-order valence-corrected chi connectivity index (χ0v) is 14.1. The number of morpholine rings is 1. The number of fused-ring (bicyclic) bond motifs is 1. The molecule has 122 valence electrons. The van der Waals surface area contributed by atoms with Crippen LogP contribution in [0, 0.1) is 6.92 Å². The van der Waals surface area contributed by atoms with Crippen molar-refractivity contribution in [1.82, 2.24) is 14.9 Å². The molecule has 4 rings (SSSR count). The number of nitrogens with one attached hydrogen (secondary N) is 1. The Hall–Kier alpha value is -1.66. The minimum atomic E-state index is -0.157. The molecule has 1 fully saturated rings. The van der Waals surface area contributed by atoms with Gasteiger partial charge in [-0.1, -0.05) is 0 Å². The van der Waals surface area contributed by atoms with E-state index >= 15 is 0 Å². The molecule has 2 aromatic heterocycles. The highest BCUT2D eigenvalue weighted by molar-refractivity contribution is 7.10. The van der Waals surface area contributed by atoms with Gasteiger partial charge in [0, 0.05) is 28.7 Å². The minimum Gasteiger partial charge on any atom is -0.367 e. The Kier molecular flexibility index (Phi) is 3.95. The lowest BCUT2D eigenvalue weighted by Crippen LogP contribution is -2.42. The van der Waals surface area contributed by atoms with Crippen LogP contribution < -0.4 is 0 Å². The van der Waals surface area contributed by atoms with E-state index in [4.69, 9.17) is 4.74 Å². The number of ether oxygens (including phenoxy) is 1. The number of aryl methyl sites for hydroxylation is 2. The molecule has 2 aromatic rings. The van der Waals surface area contributed by atoms with E-state index in [2.05, 4.69) is 15.3 Å². The maximum atomic E-state index is 13.0. The maximum absolute atomic E-state index is 13.0. The molecule has 0 saturated carbocycles. The predicted octanol–water partition coefficient (Wildman–Crippen LogP) is 2.87. The second-order valence-corrected chi connectivity index (χ2v) is 7.28. The van der Waals surface area contributed by atoms with Gasteiger partial charge in [0.05, 0.1) is 18.7 Å². The summed E-state index contributed by atoms with van der Waals surface area (Å²) in [6.45, 7) is 3.75. The van der Waals surface area contributed by atoms with Crippen molar-refractivity contribution >= 4 is 17.2 Å². The first-order valence-electron chi connectivity index (χ1n) is 8.24. The van der Waals surface area contributed by atoms with E-state index in [1.807, 2.05) is 11.8 Å². The van der Waals surface area contributed by atoms with Gasteiger partial charge in [0.25, 0.3) is 5.91 Å². The molecule has 5 nitrogen and oxygen atoms in total. The molecule has 1 saturated heterocycles. The van der Waals surface area contributed by atoms with Crippen LogP contribution in [0.4, 0.5) is 0 Å². The highest BCUT2D eigenvalue weighted by Gasteiger charge is 2.30. The molecule has 0 aromatic carbocycles. The number of hydrogen-bond acceptors (Lipinski definition) is 4. The predicted molar refractivity (Wildman–Crippen MR) is 88.9 cm³/mol. The van der Waals surface area contributed by atoms with Crippen molar-refractivity contribution in [2.75, 3.05) is 19.7 Å². The molecular formula is C17H21N3O2S. The highest BCUT2D eigenvalue weighted by Crippen LogP contribution is 2.31. The van der Waals surface area contributed by atoms with Crippen molar-refractivity contribution in [3.8, 4) is 0 Å². The van der Waals surface area contributed by atoms with Crippen LogP contribution in [0.15, 0.2) is 11.6 Å². The Labute approximate surface area is 139 Å². The third kappa shape index (κ3) is 2.81. The van der Waals surface area contributed by atoms with Gasteiger partial charge >= 0.3 is 0 Å². The average molecular weight is 331 g/mol. The smallest absolute Gasteiger partial charge is 0.255 e. The summed E-state index contributed by atoms with van der Waals surface area (Å²) in [6, 6.07) is 0. The number of aromatic amines is 1. The van der Waals surface area contributed by atoms with Crippen LogP contribution >= 0.6 is 11.3 Å². The van der Waals surface area contributed by atoms with Crippen LogP contribution in [0.1, 0.15) is 51.3 Å². The third-order valence-electron chi connectivity index (χ3n) is 4.67. The van der Waals surface area contributed by atoms with Gasteiger partial charge in [-0.3, -0.25) is 4.79 Å². The Bertz CT molecular complexity index is 721. The van der Waals surface area contributed by atoms with E-state index in [9.17, 15) is 4.79 Å². The summed E-state index contributed by atoms with van der Waals surface area (Å²) in [5, 5.41) is 2.06. The second kappa shape index (κ2) is 6.09. The number of carbonyl (C=O) groups excluding carboxylic acids is 1. The molecule has 6 heteroatoms. The van der Waals surface area contributed by atoms with Crippen LogP contribution in [-0.2, 0) is 17.6 Å². The molecule has 2 aliphatic rings. The first kappa shape index (κ1) is 14.9. The van der Waals surface area contributed by atoms with Crippen LogP contribution in [-0.4, -0.2) is 40.5 Å². The number of imidazole rings is 1. The normalized spacial score (nSPS) is 21.3. The first-order valence-corrected chi connectivity index (χ1v) is 9.12. The van der Waals surface area contributed by atoms with Crippen LogP contribution in [0.2, 0.25) is 0 Å². The topological polar surface area (TPSA) is 58.2 Å². The van der Waals surface area contributed by atoms with Gasteiger partial charge in [-0.15, -0.1) is 11.3 Å². The summed E-state index contributed by atoms with van der Waals surface area (Å²) in [6.07, 6.45) is 6.26. The SMILES string of the molecule is Cc1cnc(C2CN(C(=O)c3csc4c3CCCC4)CCO2)[nH]1. The van der Waals surface area contributed by atoms with Gasteiger partial charge in [-0.2, -0.15) is 0 Å². The molecular weight excluding hydrogens is 310 g/mol. The summed E-state index contributed by atoms with van der Waals surface area (Å²) in [4.78, 5) is 23.9. The van der Waals surface area contributed by atoms with E-state index in [1.54, 1.807) is 17.5 Å². The number of rotatable bonds is 2. The van der Waals surface area contributed by atoms with Crippen LogP contribution in [0.5, 0.6) is 0 Å². The molecule has 1 aliphatic carbocycles. The second-order valence-electron chi connectivity index (χ2n) is 6.32. The standard InChI is InChI=1S/C17H21N3O2S/c1-11-8-18-16(19-11)14-9-20(6-7-22-14)17(21)13-10-23-15-5-3-2-4-12(13)15/h8,10,14H,2-7,9H2,1H3,(H,18,19). The Morgan fingerprint density at radius 1 is 1.43 bits per heavy atom. The van der Waals surface area contributed by atoms with Gasteiger partial charge in [0.2, 0.25) is 0 Å². The quantitative estimate of drug-likeness (QED) is 0.920. The van der Waals surface area contributed by atoms with Crippen molar-refractivity contribution in [2.45, 2.75) is 38.7 Å². The maximum Gasteiger partial charge on any atom is 0.255 e. The van der Waals surface area contributed by atoms with Crippen LogP contribution in [0.3, 0.4) is 0 Å². The van der Waals surface area contributed by atoms with Crippen molar-refractivity contribution in [3.63, 3.8) is 0 Å². The molecule has 3 heterocycles. The van der Waals surface area contributed by atoms with E-state index in [-0.39, 0.29) is 12.0 Å². The molecule has 23 heavy (non-hydrogen) atoms. The van der Waals surface area contributed by atoms with Gasteiger partial charge in [-0.25, -0.2) is 4.98 Å². The lowest BCUT2D eigenvalue weighted by Gasteiger charge is -2.32. The summed E-state index contributed by atoms with van der Waals surface area (Å²) in [5.41, 5.74) is 3.23. The van der Waals surface area contributed by atoms with E-state index in [0.29, 0.717) is 19.7 Å². The summed E-state index contributed by atoms with van der Waals surface area (Å²) in [5.74, 6) is 0.966. The zero-order chi connectivity index (χ0) is 15.8. The van der Waals surface area contributed by atoms with Gasteiger partial charge < -0.3 is 14.6 Å². The molecule has 1 aliphatic heterocycles. The molecule has 0 spiro atoms. The summed E-state index contributed by atoms with van der Waals surface area (Å²) < 4.78 is 5.80. The number of amides is 1. The molecule has 1 unspecified atom stereocenters. The van der Waals surface area contributed by atoms with Crippen LogP contribution in [0.25, 0.3) is 0 Å². The Morgan fingerprint density at radius 2 is 2.30 bits per heavy atom. The van der Waals surface area contributed by atoms with Gasteiger partial charge in [0.1, 0.15) is 11.9 Å². The number of nitrogens with zero attached hydrogens (tertiary/aromatic N) is 2. The van der Waals surface area contributed by atoms with Gasteiger partial charge in [0.15, 0.2) is 0 Å². The van der Waals surface area contributed by atoms with E-state index in [0.717, 1.165) is 29.9 Å². The van der Waals surface area contributed by atoms with Crippen molar-refractivity contribution in [1.29, 1.82) is 0 Å². The monoisotopic (exact) mass is 331 g/mol. The van der Waals surface area contributed by atoms with Crippen molar-refractivity contribution < 1.29 is 9.53 Å². The van der Waals surface area contributed by atoms with Crippen molar-refractivity contribution in [2.24, 2.45) is 0 Å². The number of thiophene rings is 1. The highest BCUT2D eigenvalue weighted by atomic mass is 32.1. The molecule has 1 N–H and O–H groups in total. The number of hydrogen-bond donors (Lipinski definition) is 1. The first-order chi connectivity index (χ1) is 11.2. The molecule has 0 radical (unpaired) electrons. The number of carbonyl (C=O) groups is 1. The minimum absolute atomic E-state index is 0.154. The fourth-order valence-electron chi connectivity index (χ4n) is 3.44. The zero-order valence-electron chi connectivity index (χ0n) is 13.3. The van der Waals surface area contributed by atoms with Gasteiger partial charge in [-0.05, 0) is 38.2 Å². The Morgan fingerprint density at radius 3 is 3.13 bits per heavy atom. The summed E-state index contributed by atoms with van der Waals surface area (Å²) in [7, 11) is 0. The third-order valence-corrected chi connectivity index (χ3v) is 5.76. The molecule has 0 bridgehead atoms. The molecule has 1 atom stereocenters. The lowest BCUT2D eigenvalue weighted by atomic mass is 9.95. The largest absolute Gasteiger partial charge is 0.367 e. The lowest BCUT2D eigenvalue weighted by molar-refractivity contribution is -0.0265. The average Bonchev–Trinajstić information content (AvgIpc) is 3.20. The number of aromatic nitrogens is 2. The fourth-order valence-corrected chi connectivity index (χ4v) is 4.56. The summed E-state index contributed by atoms with van der Waals surface area (Å²) >= 11 is 1.75. The Balaban J connectivity index is 1.53. The van der Waals surface area contributed by atoms with Crippen molar-refractivity contribution in [3.05, 3.63) is 39.1 Å². The molecule has 1 amide bonds. The number of H-pyrrole nitrogens is 1.